The van der Waals surface area contributed by atoms with Crippen LogP contribution in [0.5, 0.6) is 0 Å². The van der Waals surface area contributed by atoms with E-state index in [0.717, 1.165) is 0 Å². The van der Waals surface area contributed by atoms with Crippen molar-refractivity contribution in [2.24, 2.45) is 0 Å². The van der Waals surface area contributed by atoms with Crippen LogP contribution in [-0.4, -0.2) is 30.7 Å². The predicted molar refractivity (Wildman–Crippen MR) is 74.3 cm³/mol. The number of aryl methyl sites for hydroxylation is 1. The number of anilines is 1. The van der Waals surface area contributed by atoms with Crippen molar-refractivity contribution in [3.8, 4) is 0 Å². The third-order valence-electron chi connectivity index (χ3n) is 2.39. The van der Waals surface area contributed by atoms with E-state index >= 15 is 0 Å². The number of sulfonamides is 1. The van der Waals surface area contributed by atoms with Crippen LogP contribution in [0.1, 0.15) is 12.5 Å². The number of nitrogen functional groups attached to an aromatic ring is 1. The highest BCUT2D eigenvalue weighted by atomic mass is 32.2. The highest BCUT2D eigenvalue weighted by Crippen LogP contribution is 2.16. The normalized spacial score (nSPS) is 15.3. The lowest BCUT2D eigenvalue weighted by Crippen LogP contribution is -2.36. The molecule has 0 spiro atoms. The maximum Gasteiger partial charge on any atom is 0.240 e. The SMILES string of the molecule is Cc1cc(S(=O)(=O)NC(C)CS(C)=O)ccc1N. The molecule has 1 rings (SSSR count). The van der Waals surface area contributed by atoms with Gasteiger partial charge in [0.05, 0.1) is 4.90 Å². The van der Waals surface area contributed by atoms with Crippen LogP contribution in [0.2, 0.25) is 0 Å². The molecule has 1 aromatic carbocycles. The number of hydrogen-bond donors (Lipinski definition) is 2. The molecule has 0 bridgehead atoms. The van der Waals surface area contributed by atoms with Gasteiger partial charge in [0.2, 0.25) is 10.0 Å². The van der Waals surface area contributed by atoms with Crippen LogP contribution in [-0.2, 0) is 20.8 Å². The lowest BCUT2D eigenvalue weighted by molar-refractivity contribution is 0.570. The number of benzene rings is 1. The highest BCUT2D eigenvalue weighted by Gasteiger charge is 2.18. The van der Waals surface area contributed by atoms with Gasteiger partial charge in [-0.15, -0.1) is 0 Å². The molecule has 0 fully saturated rings. The summed E-state index contributed by atoms with van der Waals surface area (Å²) in [5.74, 6) is 0.285. The first-order chi connectivity index (χ1) is 8.22. The molecule has 0 aliphatic heterocycles. The van der Waals surface area contributed by atoms with E-state index in [-0.39, 0.29) is 16.7 Å². The van der Waals surface area contributed by atoms with Gasteiger partial charge in [0.1, 0.15) is 0 Å². The van der Waals surface area contributed by atoms with Gasteiger partial charge in [-0.2, -0.15) is 0 Å². The summed E-state index contributed by atoms with van der Waals surface area (Å²) in [5.41, 5.74) is 6.91. The molecule has 0 aliphatic rings. The minimum atomic E-state index is -3.58. The molecule has 1 aromatic rings. The van der Waals surface area contributed by atoms with E-state index in [9.17, 15) is 12.6 Å². The third kappa shape index (κ3) is 4.08. The second-order valence-corrected chi connectivity index (χ2v) is 7.47. The van der Waals surface area contributed by atoms with Crippen molar-refractivity contribution >= 4 is 26.5 Å². The van der Waals surface area contributed by atoms with E-state index in [4.69, 9.17) is 5.73 Å². The van der Waals surface area contributed by atoms with E-state index in [0.29, 0.717) is 11.3 Å². The molecular weight excluding hydrogens is 272 g/mol. The Morgan fingerprint density at radius 2 is 2.06 bits per heavy atom. The first kappa shape index (κ1) is 15.1. The van der Waals surface area contributed by atoms with Crippen molar-refractivity contribution < 1.29 is 12.6 Å². The van der Waals surface area contributed by atoms with Crippen LogP contribution < -0.4 is 10.5 Å². The molecule has 102 valence electrons. The Labute approximate surface area is 110 Å². The van der Waals surface area contributed by atoms with Crippen molar-refractivity contribution in [1.29, 1.82) is 0 Å². The Kier molecular flexibility index (Phi) is 4.89. The van der Waals surface area contributed by atoms with Crippen molar-refractivity contribution in [3.63, 3.8) is 0 Å². The maximum atomic E-state index is 12.0. The van der Waals surface area contributed by atoms with Crippen LogP contribution in [0.4, 0.5) is 5.69 Å². The summed E-state index contributed by atoms with van der Waals surface area (Å²) >= 11 is 0. The standard InChI is InChI=1S/C11H18N2O3S2/c1-8-6-10(4-5-11(8)12)18(15,16)13-9(2)7-17(3)14/h4-6,9,13H,7,12H2,1-3H3. The van der Waals surface area contributed by atoms with E-state index in [1.165, 1.54) is 18.4 Å². The number of nitrogens with two attached hydrogens (primary N) is 1. The van der Waals surface area contributed by atoms with Crippen LogP contribution in [0, 0.1) is 6.92 Å². The topological polar surface area (TPSA) is 89.3 Å². The maximum absolute atomic E-state index is 12.0. The lowest BCUT2D eigenvalue weighted by Gasteiger charge is -2.13. The molecule has 3 N–H and O–H groups in total. The quantitative estimate of drug-likeness (QED) is 0.778. The van der Waals surface area contributed by atoms with Crippen LogP contribution >= 0.6 is 0 Å². The third-order valence-corrected chi connectivity index (χ3v) is 4.95. The van der Waals surface area contributed by atoms with E-state index in [1.54, 1.807) is 19.9 Å². The Bertz CT molecular complexity index is 555. The van der Waals surface area contributed by atoms with Crippen molar-refractivity contribution in [2.75, 3.05) is 17.7 Å². The van der Waals surface area contributed by atoms with Gasteiger partial charge in [-0.3, -0.25) is 4.21 Å². The van der Waals surface area contributed by atoms with Gasteiger partial charge >= 0.3 is 0 Å². The fraction of sp³-hybridized carbons (Fsp3) is 0.455. The molecule has 7 heteroatoms. The molecule has 2 atom stereocenters. The molecule has 0 aliphatic carbocycles. The summed E-state index contributed by atoms with van der Waals surface area (Å²) in [4.78, 5) is 0.169. The predicted octanol–water partition coefficient (Wildman–Crippen LogP) is 0.623. The first-order valence-electron chi connectivity index (χ1n) is 5.41. The average Bonchev–Trinajstić information content (AvgIpc) is 2.19. The summed E-state index contributed by atoms with van der Waals surface area (Å²) in [6.45, 7) is 3.43. The van der Waals surface area contributed by atoms with Crippen LogP contribution in [0.3, 0.4) is 0 Å². The molecule has 0 amide bonds. The monoisotopic (exact) mass is 290 g/mol. The van der Waals surface area contributed by atoms with Gasteiger partial charge in [-0.25, -0.2) is 13.1 Å². The number of nitrogens with one attached hydrogen (secondary N) is 1. The fourth-order valence-electron chi connectivity index (χ4n) is 1.53. The van der Waals surface area contributed by atoms with Crippen molar-refractivity contribution in [1.82, 2.24) is 4.72 Å². The summed E-state index contributed by atoms with van der Waals surface area (Å²) in [6.07, 6.45) is 1.54. The van der Waals surface area contributed by atoms with E-state index in [1.807, 2.05) is 0 Å². The highest BCUT2D eigenvalue weighted by molar-refractivity contribution is 7.89. The molecule has 0 radical (unpaired) electrons. The van der Waals surface area contributed by atoms with Gasteiger partial charge in [0.15, 0.2) is 0 Å². The zero-order valence-corrected chi connectivity index (χ0v) is 12.3. The molecule has 0 saturated heterocycles. The molecule has 2 unspecified atom stereocenters. The lowest BCUT2D eigenvalue weighted by atomic mass is 10.2. The summed E-state index contributed by atoms with van der Waals surface area (Å²) < 4.78 is 37.6. The van der Waals surface area contributed by atoms with Crippen LogP contribution in [0.15, 0.2) is 23.1 Å². The first-order valence-corrected chi connectivity index (χ1v) is 8.62. The summed E-state index contributed by atoms with van der Waals surface area (Å²) in [5, 5.41) is 0. The Morgan fingerprint density at radius 1 is 1.44 bits per heavy atom. The smallest absolute Gasteiger partial charge is 0.240 e. The number of hydrogen-bond acceptors (Lipinski definition) is 4. The van der Waals surface area contributed by atoms with Gasteiger partial charge in [0.25, 0.3) is 0 Å². The summed E-state index contributed by atoms with van der Waals surface area (Å²) in [7, 11) is -4.63. The molecule has 0 aromatic heterocycles. The van der Waals surface area contributed by atoms with E-state index in [2.05, 4.69) is 4.72 Å². The molecule has 0 saturated carbocycles. The van der Waals surface area contributed by atoms with Gasteiger partial charge in [0, 0.05) is 34.5 Å². The molecule has 18 heavy (non-hydrogen) atoms. The molecule has 0 heterocycles. The second-order valence-electron chi connectivity index (χ2n) is 4.28. The Morgan fingerprint density at radius 3 is 2.56 bits per heavy atom. The largest absolute Gasteiger partial charge is 0.399 e. The van der Waals surface area contributed by atoms with Crippen molar-refractivity contribution in [3.05, 3.63) is 23.8 Å². The van der Waals surface area contributed by atoms with Crippen molar-refractivity contribution in [2.45, 2.75) is 24.8 Å². The average molecular weight is 290 g/mol. The Hall–Kier alpha value is -0.920. The minimum absolute atomic E-state index is 0.169. The number of rotatable bonds is 5. The second kappa shape index (κ2) is 5.81. The zero-order chi connectivity index (χ0) is 13.9. The van der Waals surface area contributed by atoms with E-state index < -0.39 is 20.8 Å². The van der Waals surface area contributed by atoms with Crippen LogP contribution in [0.25, 0.3) is 0 Å². The van der Waals surface area contributed by atoms with Gasteiger partial charge in [-0.05, 0) is 37.6 Å². The molecule has 5 nitrogen and oxygen atoms in total. The fourth-order valence-corrected chi connectivity index (χ4v) is 3.76. The zero-order valence-electron chi connectivity index (χ0n) is 10.6. The van der Waals surface area contributed by atoms with Gasteiger partial charge in [-0.1, -0.05) is 0 Å². The minimum Gasteiger partial charge on any atom is -0.399 e. The summed E-state index contributed by atoms with van der Waals surface area (Å²) in [6, 6.07) is 4.17. The van der Waals surface area contributed by atoms with Gasteiger partial charge < -0.3 is 5.73 Å². The molecular formula is C11H18N2O3S2. The Balaban J connectivity index is 2.92.